The number of aliphatic hydroxyl groups is 1. The lowest BCUT2D eigenvalue weighted by molar-refractivity contribution is 0.155. The number of hydrogen-bond acceptors (Lipinski definition) is 4. The van der Waals surface area contributed by atoms with Crippen LogP contribution >= 0.6 is 15.9 Å². The Morgan fingerprint density at radius 1 is 1.56 bits per heavy atom. The fraction of sp³-hybridized carbons (Fsp3) is 0.615. The van der Waals surface area contributed by atoms with Crippen LogP contribution in [-0.4, -0.2) is 22.2 Å². The van der Waals surface area contributed by atoms with Gasteiger partial charge in [-0.3, -0.25) is 0 Å². The SMILES string of the molecule is CC1CCC(CO)(Nc2ncc(N)cc2Br)CC1. The molecule has 0 spiro atoms. The average molecular weight is 314 g/mol. The van der Waals surface area contributed by atoms with Gasteiger partial charge in [0.05, 0.1) is 28.5 Å². The third-order valence-electron chi connectivity index (χ3n) is 3.78. The molecule has 0 unspecified atom stereocenters. The van der Waals surface area contributed by atoms with Crippen molar-refractivity contribution in [2.45, 2.75) is 38.1 Å². The first-order valence-corrected chi connectivity index (χ1v) is 7.14. The van der Waals surface area contributed by atoms with Gasteiger partial charge in [-0.1, -0.05) is 6.92 Å². The molecule has 1 aliphatic carbocycles. The highest BCUT2D eigenvalue weighted by molar-refractivity contribution is 9.10. The highest BCUT2D eigenvalue weighted by Gasteiger charge is 2.34. The van der Waals surface area contributed by atoms with Gasteiger partial charge >= 0.3 is 0 Å². The lowest BCUT2D eigenvalue weighted by Gasteiger charge is -2.39. The Hall–Kier alpha value is -0.810. The van der Waals surface area contributed by atoms with Gasteiger partial charge in [0.2, 0.25) is 0 Å². The molecule has 4 N–H and O–H groups in total. The van der Waals surface area contributed by atoms with Crippen LogP contribution < -0.4 is 11.1 Å². The van der Waals surface area contributed by atoms with Crippen LogP contribution in [0.1, 0.15) is 32.6 Å². The molecular formula is C13H20BrN3O. The molecule has 100 valence electrons. The van der Waals surface area contributed by atoms with E-state index in [1.807, 2.05) is 6.07 Å². The summed E-state index contributed by atoms with van der Waals surface area (Å²) in [4.78, 5) is 4.29. The maximum atomic E-state index is 9.70. The normalized spacial score (nSPS) is 28.1. The molecular weight excluding hydrogens is 294 g/mol. The number of nitrogen functional groups attached to an aromatic ring is 1. The number of nitrogens with two attached hydrogens (primary N) is 1. The fourth-order valence-electron chi connectivity index (χ4n) is 2.43. The molecule has 0 radical (unpaired) electrons. The van der Waals surface area contributed by atoms with Crippen molar-refractivity contribution in [1.29, 1.82) is 0 Å². The number of aliphatic hydroxyl groups excluding tert-OH is 1. The summed E-state index contributed by atoms with van der Waals surface area (Å²) in [6.45, 7) is 2.40. The van der Waals surface area contributed by atoms with Gasteiger partial charge in [-0.15, -0.1) is 0 Å². The first kappa shape index (κ1) is 13.6. The molecule has 0 atom stereocenters. The van der Waals surface area contributed by atoms with Gasteiger partial charge in [0, 0.05) is 0 Å². The Kier molecular flexibility index (Phi) is 4.12. The number of halogens is 1. The van der Waals surface area contributed by atoms with Crippen LogP contribution in [0.3, 0.4) is 0 Å². The molecule has 5 heteroatoms. The smallest absolute Gasteiger partial charge is 0.140 e. The van der Waals surface area contributed by atoms with Crippen molar-refractivity contribution in [2.24, 2.45) is 5.92 Å². The fourth-order valence-corrected chi connectivity index (χ4v) is 2.90. The largest absolute Gasteiger partial charge is 0.397 e. The summed E-state index contributed by atoms with van der Waals surface area (Å²) in [7, 11) is 0. The number of anilines is 2. The number of rotatable bonds is 3. The van der Waals surface area contributed by atoms with Gasteiger partial charge in [0.15, 0.2) is 0 Å². The Bertz CT molecular complexity index is 417. The summed E-state index contributed by atoms with van der Waals surface area (Å²) in [5.41, 5.74) is 6.06. The van der Waals surface area contributed by atoms with Gasteiger partial charge in [-0.2, -0.15) is 0 Å². The molecule has 4 nitrogen and oxygen atoms in total. The molecule has 0 aliphatic heterocycles. The van der Waals surface area contributed by atoms with Gasteiger partial charge in [0.25, 0.3) is 0 Å². The highest BCUT2D eigenvalue weighted by Crippen LogP contribution is 2.35. The van der Waals surface area contributed by atoms with Crippen LogP contribution in [-0.2, 0) is 0 Å². The molecule has 0 aromatic carbocycles. The zero-order chi connectivity index (χ0) is 13.2. The van der Waals surface area contributed by atoms with Crippen molar-refractivity contribution in [2.75, 3.05) is 17.7 Å². The summed E-state index contributed by atoms with van der Waals surface area (Å²) >= 11 is 3.45. The number of pyridine rings is 1. The van der Waals surface area contributed by atoms with Crippen molar-refractivity contribution in [1.82, 2.24) is 4.98 Å². The minimum absolute atomic E-state index is 0.137. The second-order valence-electron chi connectivity index (χ2n) is 5.35. The lowest BCUT2D eigenvalue weighted by Crippen LogP contribution is -2.45. The topological polar surface area (TPSA) is 71.2 Å². The van der Waals surface area contributed by atoms with E-state index in [-0.39, 0.29) is 12.1 Å². The summed E-state index contributed by atoms with van der Waals surface area (Å²) in [5.74, 6) is 1.50. The molecule has 0 saturated heterocycles. The van der Waals surface area contributed by atoms with Crippen LogP contribution in [0.15, 0.2) is 16.7 Å². The Balaban J connectivity index is 2.15. The van der Waals surface area contributed by atoms with E-state index in [4.69, 9.17) is 5.73 Å². The van der Waals surface area contributed by atoms with E-state index in [9.17, 15) is 5.11 Å². The van der Waals surface area contributed by atoms with E-state index >= 15 is 0 Å². The van der Waals surface area contributed by atoms with Crippen molar-refractivity contribution in [3.05, 3.63) is 16.7 Å². The van der Waals surface area contributed by atoms with Crippen LogP contribution in [0.5, 0.6) is 0 Å². The van der Waals surface area contributed by atoms with Gasteiger partial charge in [-0.05, 0) is 53.6 Å². The molecule has 1 aromatic rings. The summed E-state index contributed by atoms with van der Waals surface area (Å²) in [5, 5.41) is 13.1. The summed E-state index contributed by atoms with van der Waals surface area (Å²) in [6, 6.07) is 1.83. The van der Waals surface area contributed by atoms with Crippen molar-refractivity contribution in [3.63, 3.8) is 0 Å². The van der Waals surface area contributed by atoms with Gasteiger partial charge in [0.1, 0.15) is 5.82 Å². The number of aromatic nitrogens is 1. The molecule has 1 heterocycles. The Labute approximate surface area is 116 Å². The summed E-state index contributed by atoms with van der Waals surface area (Å²) in [6.07, 6.45) is 5.86. The Morgan fingerprint density at radius 3 is 2.78 bits per heavy atom. The molecule has 18 heavy (non-hydrogen) atoms. The zero-order valence-electron chi connectivity index (χ0n) is 10.6. The van der Waals surface area contributed by atoms with Crippen LogP contribution in [0, 0.1) is 5.92 Å². The average Bonchev–Trinajstić information content (AvgIpc) is 2.36. The minimum Gasteiger partial charge on any atom is -0.397 e. The van der Waals surface area contributed by atoms with E-state index < -0.39 is 0 Å². The molecule has 1 aromatic heterocycles. The predicted octanol–water partition coefficient (Wildman–Crippen LogP) is 2.78. The van der Waals surface area contributed by atoms with Crippen molar-refractivity contribution >= 4 is 27.4 Å². The monoisotopic (exact) mass is 313 g/mol. The maximum absolute atomic E-state index is 9.70. The predicted molar refractivity (Wildman–Crippen MR) is 77.4 cm³/mol. The van der Waals surface area contributed by atoms with Crippen molar-refractivity contribution in [3.8, 4) is 0 Å². The molecule has 1 fully saturated rings. The summed E-state index contributed by atoms with van der Waals surface area (Å²) < 4.78 is 0.842. The van der Waals surface area contributed by atoms with E-state index in [1.165, 1.54) is 0 Å². The number of nitrogens with one attached hydrogen (secondary N) is 1. The molecule has 0 bridgehead atoms. The second kappa shape index (κ2) is 5.45. The van der Waals surface area contributed by atoms with Crippen LogP contribution in [0.4, 0.5) is 11.5 Å². The molecule has 0 amide bonds. The van der Waals surface area contributed by atoms with E-state index in [1.54, 1.807) is 6.20 Å². The second-order valence-corrected chi connectivity index (χ2v) is 6.20. The maximum Gasteiger partial charge on any atom is 0.140 e. The first-order chi connectivity index (χ1) is 8.54. The van der Waals surface area contributed by atoms with Crippen LogP contribution in [0.25, 0.3) is 0 Å². The molecule has 1 saturated carbocycles. The molecule has 2 rings (SSSR count). The zero-order valence-corrected chi connectivity index (χ0v) is 12.2. The highest BCUT2D eigenvalue weighted by atomic mass is 79.9. The minimum atomic E-state index is -0.238. The third kappa shape index (κ3) is 2.95. The van der Waals surface area contributed by atoms with E-state index in [2.05, 4.69) is 33.2 Å². The first-order valence-electron chi connectivity index (χ1n) is 6.35. The van der Waals surface area contributed by atoms with E-state index in [0.717, 1.165) is 41.9 Å². The molecule has 1 aliphatic rings. The quantitative estimate of drug-likeness (QED) is 0.802. The van der Waals surface area contributed by atoms with Crippen molar-refractivity contribution < 1.29 is 5.11 Å². The Morgan fingerprint density at radius 2 is 2.22 bits per heavy atom. The van der Waals surface area contributed by atoms with Gasteiger partial charge < -0.3 is 16.2 Å². The third-order valence-corrected chi connectivity index (χ3v) is 4.38. The van der Waals surface area contributed by atoms with E-state index in [0.29, 0.717) is 5.69 Å². The van der Waals surface area contributed by atoms with Gasteiger partial charge in [-0.25, -0.2) is 4.98 Å². The standard InChI is InChI=1S/C13H20BrN3O/c1-9-2-4-13(8-18,5-3-9)17-12-11(14)6-10(15)7-16-12/h6-7,9,18H,2-5,8,15H2,1H3,(H,16,17). The van der Waals surface area contributed by atoms with Crippen LogP contribution in [0.2, 0.25) is 0 Å². The number of nitrogens with zero attached hydrogens (tertiary/aromatic N) is 1. The lowest BCUT2D eigenvalue weighted by atomic mass is 9.77. The number of hydrogen-bond donors (Lipinski definition) is 3.